The van der Waals surface area contributed by atoms with Crippen LogP contribution >= 0.6 is 0 Å². The normalized spacial score (nSPS) is 20.9. The molecule has 4 N–H and O–H groups in total. The molecule has 0 unspecified atom stereocenters. The van der Waals surface area contributed by atoms with Gasteiger partial charge in [-0.2, -0.15) is 0 Å². The van der Waals surface area contributed by atoms with Crippen LogP contribution in [-0.4, -0.2) is 72.8 Å². The average Bonchev–Trinajstić information content (AvgIpc) is 3.69. The summed E-state index contributed by atoms with van der Waals surface area (Å²) in [5.74, 6) is 0.294. The van der Waals surface area contributed by atoms with Crippen LogP contribution in [0.1, 0.15) is 27.0 Å². The van der Waals surface area contributed by atoms with Gasteiger partial charge in [0, 0.05) is 5.56 Å². The molecule has 48 heavy (non-hydrogen) atoms. The van der Waals surface area contributed by atoms with Crippen LogP contribution in [-0.2, 0) is 15.9 Å². The van der Waals surface area contributed by atoms with Crippen molar-refractivity contribution in [2.75, 3.05) is 19.0 Å². The Morgan fingerprint density at radius 1 is 0.875 bits per heavy atom. The lowest BCUT2D eigenvalue weighted by atomic mass is 9.60. The van der Waals surface area contributed by atoms with Crippen LogP contribution in [0, 0.1) is 0 Å². The minimum Gasteiger partial charge on any atom is -0.497 e. The van der Waals surface area contributed by atoms with Gasteiger partial charge >= 0.3 is 0 Å². The second-order valence-electron chi connectivity index (χ2n) is 11.5. The van der Waals surface area contributed by atoms with Crippen LogP contribution in [0.5, 0.6) is 5.75 Å². The van der Waals surface area contributed by atoms with E-state index in [2.05, 4.69) is 20.3 Å². The fourth-order valence-electron chi connectivity index (χ4n) is 6.93. The monoisotopic (exact) mass is 643 g/mol. The number of carbonyl (C=O) groups is 1. The van der Waals surface area contributed by atoms with Crippen molar-refractivity contribution in [3.05, 3.63) is 150 Å². The SMILES string of the molecule is COc1cccc(C(c2ccccc2)(c2ccccc2)[C@@]2(n3cnc4c(NC(=O)c5ccccc5)ncnc43)O[C@H](CO)[C@@H](O)[C@H]2O)c1. The topological polar surface area (TPSA) is 152 Å². The Labute approximate surface area is 276 Å². The maximum absolute atomic E-state index is 13.2. The number of amides is 1. The van der Waals surface area contributed by atoms with Gasteiger partial charge in [0.2, 0.25) is 0 Å². The number of nitrogens with one attached hydrogen (secondary N) is 1. The van der Waals surface area contributed by atoms with Crippen LogP contribution in [0.4, 0.5) is 5.82 Å². The Kier molecular flexibility index (Phi) is 8.19. The molecule has 4 atom stereocenters. The zero-order chi connectivity index (χ0) is 33.3. The number of aromatic nitrogens is 4. The van der Waals surface area contributed by atoms with E-state index in [1.165, 1.54) is 12.7 Å². The summed E-state index contributed by atoms with van der Waals surface area (Å²) < 4.78 is 14.1. The fourth-order valence-corrected chi connectivity index (χ4v) is 6.93. The summed E-state index contributed by atoms with van der Waals surface area (Å²) in [4.78, 5) is 26.8. The fraction of sp³-hybridized carbons (Fsp3) is 0.189. The third kappa shape index (κ3) is 4.75. The van der Waals surface area contributed by atoms with Crippen molar-refractivity contribution in [3.63, 3.8) is 0 Å². The third-order valence-electron chi connectivity index (χ3n) is 9.03. The molecule has 0 spiro atoms. The quantitative estimate of drug-likeness (QED) is 0.172. The van der Waals surface area contributed by atoms with Crippen LogP contribution in [0.25, 0.3) is 11.2 Å². The highest BCUT2D eigenvalue weighted by Gasteiger charge is 2.68. The Morgan fingerprint density at radius 3 is 2.10 bits per heavy atom. The molecular weight excluding hydrogens is 610 g/mol. The highest BCUT2D eigenvalue weighted by atomic mass is 16.6. The van der Waals surface area contributed by atoms with Gasteiger partial charge < -0.3 is 30.1 Å². The number of hydrogen-bond acceptors (Lipinski definition) is 9. The highest BCUT2D eigenvalue weighted by molar-refractivity contribution is 6.06. The number of imidazole rings is 1. The molecule has 0 aliphatic carbocycles. The number of hydrogen-bond donors (Lipinski definition) is 4. The number of rotatable bonds is 9. The van der Waals surface area contributed by atoms with Crippen molar-refractivity contribution in [2.45, 2.75) is 29.5 Å². The van der Waals surface area contributed by atoms with Crippen LogP contribution in [0.15, 0.2) is 128 Å². The van der Waals surface area contributed by atoms with Gasteiger partial charge in [-0.3, -0.25) is 9.36 Å². The number of ether oxygens (including phenoxy) is 2. The summed E-state index contributed by atoms with van der Waals surface area (Å²) in [5, 5.41) is 37.4. The number of carbonyl (C=O) groups excluding carboxylic acids is 1. The van der Waals surface area contributed by atoms with Crippen molar-refractivity contribution in [2.24, 2.45) is 0 Å². The molecule has 0 saturated carbocycles. The molecule has 1 aliphatic heterocycles. The summed E-state index contributed by atoms with van der Waals surface area (Å²) in [6.45, 7) is -0.586. The van der Waals surface area contributed by atoms with Crippen molar-refractivity contribution in [1.29, 1.82) is 0 Å². The van der Waals surface area contributed by atoms with E-state index < -0.39 is 42.0 Å². The van der Waals surface area contributed by atoms with Crippen LogP contribution in [0.3, 0.4) is 0 Å². The summed E-state index contributed by atoms with van der Waals surface area (Å²) in [6.07, 6.45) is -1.64. The average molecular weight is 644 g/mol. The van der Waals surface area contributed by atoms with Gasteiger partial charge in [-0.25, -0.2) is 15.0 Å². The molecule has 0 bridgehead atoms. The second kappa shape index (κ2) is 12.6. The molecular formula is C37H33N5O6. The molecule has 242 valence electrons. The summed E-state index contributed by atoms with van der Waals surface area (Å²) >= 11 is 0. The first kappa shape index (κ1) is 31.2. The number of anilines is 1. The number of aliphatic hydroxyl groups excluding tert-OH is 3. The summed E-state index contributed by atoms with van der Waals surface area (Å²) in [7, 11) is 1.57. The number of methoxy groups -OCH3 is 1. The molecule has 1 amide bonds. The van der Waals surface area contributed by atoms with Crippen molar-refractivity contribution < 1.29 is 29.6 Å². The Balaban J connectivity index is 1.57. The van der Waals surface area contributed by atoms with Gasteiger partial charge in [-0.1, -0.05) is 91.0 Å². The molecule has 11 nitrogen and oxygen atoms in total. The van der Waals surface area contributed by atoms with E-state index in [0.717, 1.165) is 0 Å². The third-order valence-corrected chi connectivity index (χ3v) is 9.03. The largest absolute Gasteiger partial charge is 0.497 e. The van der Waals surface area contributed by atoms with Gasteiger partial charge in [0.15, 0.2) is 22.7 Å². The lowest BCUT2D eigenvalue weighted by Gasteiger charge is -2.51. The van der Waals surface area contributed by atoms with Crippen LogP contribution < -0.4 is 10.1 Å². The molecule has 11 heteroatoms. The van der Waals surface area contributed by atoms with Gasteiger partial charge in [0.25, 0.3) is 5.91 Å². The van der Waals surface area contributed by atoms with E-state index in [1.807, 2.05) is 91.0 Å². The zero-order valence-electron chi connectivity index (χ0n) is 25.9. The Hall–Kier alpha value is -5.46. The number of fused-ring (bicyclic) bond motifs is 1. The van der Waals surface area contributed by atoms with E-state index in [-0.39, 0.29) is 17.0 Å². The van der Waals surface area contributed by atoms with Crippen LogP contribution in [0.2, 0.25) is 0 Å². The van der Waals surface area contributed by atoms with Crippen molar-refractivity contribution in [3.8, 4) is 5.75 Å². The molecule has 4 aromatic carbocycles. The predicted molar refractivity (Wildman–Crippen MR) is 177 cm³/mol. The zero-order valence-corrected chi connectivity index (χ0v) is 25.9. The molecule has 7 rings (SSSR count). The molecule has 1 fully saturated rings. The van der Waals surface area contributed by atoms with Crippen molar-refractivity contribution >= 4 is 22.9 Å². The van der Waals surface area contributed by atoms with Crippen molar-refractivity contribution in [1.82, 2.24) is 19.5 Å². The number of aliphatic hydroxyl groups is 3. The van der Waals surface area contributed by atoms with Gasteiger partial charge in [-0.15, -0.1) is 0 Å². The minimum atomic E-state index is -1.95. The highest BCUT2D eigenvalue weighted by Crippen LogP contribution is 2.58. The van der Waals surface area contributed by atoms with Gasteiger partial charge in [-0.05, 0) is 41.0 Å². The first-order valence-corrected chi connectivity index (χ1v) is 15.4. The number of nitrogens with zero attached hydrogens (tertiary/aromatic N) is 4. The molecule has 3 heterocycles. The molecule has 2 aromatic heterocycles. The number of benzene rings is 4. The molecule has 6 aromatic rings. The van der Waals surface area contributed by atoms with E-state index >= 15 is 0 Å². The van der Waals surface area contributed by atoms with E-state index in [9.17, 15) is 20.1 Å². The van der Waals surface area contributed by atoms with E-state index in [4.69, 9.17) is 9.47 Å². The first-order valence-electron chi connectivity index (χ1n) is 15.4. The smallest absolute Gasteiger partial charge is 0.256 e. The maximum atomic E-state index is 13.2. The van der Waals surface area contributed by atoms with Gasteiger partial charge in [0.1, 0.15) is 30.4 Å². The predicted octanol–water partition coefficient (Wildman–Crippen LogP) is 3.89. The first-order chi connectivity index (χ1) is 23.4. The van der Waals surface area contributed by atoms with Gasteiger partial charge in [0.05, 0.1) is 25.5 Å². The minimum absolute atomic E-state index is 0.140. The Bertz CT molecular complexity index is 2000. The standard InChI is InChI=1S/C37H33N5O6/c1-47-28-19-11-18-27(20-28)36(25-14-7-3-8-15-25,26-16-9-4-10-17-26)37(32(45)31(44)29(21-43)48-37)42-23-40-30-33(38-22-39-34(30)42)41-35(46)24-12-5-2-6-13-24/h2-20,22-23,29,31-32,43-45H,21H2,1H3,(H,38,39,41,46)/t29-,31-,32-,37+/m1/s1. The molecule has 0 radical (unpaired) electrons. The molecule has 1 saturated heterocycles. The summed E-state index contributed by atoms with van der Waals surface area (Å²) in [6, 6.07) is 35.1. The second-order valence-corrected chi connectivity index (χ2v) is 11.5. The van der Waals surface area contributed by atoms with E-state index in [0.29, 0.717) is 28.0 Å². The maximum Gasteiger partial charge on any atom is 0.256 e. The summed E-state index contributed by atoms with van der Waals surface area (Å²) in [5.41, 5.74) is -0.493. The lowest BCUT2D eigenvalue weighted by Crippen LogP contribution is -2.61. The Morgan fingerprint density at radius 2 is 1.50 bits per heavy atom. The molecule has 1 aliphatic rings. The lowest BCUT2D eigenvalue weighted by molar-refractivity contribution is -0.175. The van der Waals surface area contributed by atoms with E-state index in [1.54, 1.807) is 35.9 Å².